The Balaban J connectivity index is 1.25. The van der Waals surface area contributed by atoms with Crippen molar-refractivity contribution in [3.8, 4) is 0 Å². The summed E-state index contributed by atoms with van der Waals surface area (Å²) in [5, 5.41) is 2.89. The maximum Gasteiger partial charge on any atom is 0.416 e. The van der Waals surface area contributed by atoms with Crippen molar-refractivity contribution >= 4 is 27.0 Å². The third-order valence-electron chi connectivity index (χ3n) is 5.95. The number of sulfonamides is 1. The fraction of sp³-hybridized carbons (Fsp3) is 0.391. The van der Waals surface area contributed by atoms with E-state index in [4.69, 9.17) is 0 Å². The minimum absolute atomic E-state index is 0.0790. The van der Waals surface area contributed by atoms with Gasteiger partial charge in [0.2, 0.25) is 15.9 Å². The van der Waals surface area contributed by atoms with Gasteiger partial charge in [-0.2, -0.15) is 17.5 Å². The molecular weight excluding hydrogens is 469 g/mol. The van der Waals surface area contributed by atoms with Gasteiger partial charge in [0.05, 0.1) is 21.5 Å². The van der Waals surface area contributed by atoms with Crippen LogP contribution in [0.5, 0.6) is 0 Å². The molecule has 0 spiro atoms. The largest absolute Gasteiger partial charge is 0.416 e. The molecule has 34 heavy (non-hydrogen) atoms. The summed E-state index contributed by atoms with van der Waals surface area (Å²) >= 11 is 0. The van der Waals surface area contributed by atoms with Crippen LogP contribution in [0, 0.1) is 5.92 Å². The monoisotopic (exact) mass is 494 g/mol. The van der Waals surface area contributed by atoms with E-state index < -0.39 is 26.7 Å². The van der Waals surface area contributed by atoms with Crippen LogP contribution < -0.4 is 5.32 Å². The smallest absolute Gasteiger partial charge is 0.356 e. The summed E-state index contributed by atoms with van der Waals surface area (Å²) < 4.78 is 65.6. The summed E-state index contributed by atoms with van der Waals surface area (Å²) in [6.07, 6.45) is -2.61. The lowest BCUT2D eigenvalue weighted by Crippen LogP contribution is -2.43. The average molecular weight is 495 g/mol. The first-order valence-corrected chi connectivity index (χ1v) is 12.5. The number of benzene rings is 2. The number of alkyl halides is 3. The topological polar surface area (TPSA) is 95.2 Å². The van der Waals surface area contributed by atoms with Crippen molar-refractivity contribution in [2.24, 2.45) is 5.92 Å². The standard InChI is InChI=1S/C23H25F3N4O3S/c24-23(25,26)17-5-3-6-18(15-17)34(32,33)30-13-10-16(11-14-30)22(31)27-12-4-9-21-28-19-7-1-2-8-20(19)29-21/h1-3,5-8,15-16H,4,9-14H2,(H,27,31)(H,28,29). The number of H-pyrrole nitrogens is 1. The lowest BCUT2D eigenvalue weighted by molar-refractivity contribution is -0.137. The van der Waals surface area contributed by atoms with Crippen molar-refractivity contribution < 1.29 is 26.4 Å². The molecule has 0 unspecified atom stereocenters. The second-order valence-electron chi connectivity index (χ2n) is 8.30. The Morgan fingerprint density at radius 3 is 2.56 bits per heavy atom. The Hall–Kier alpha value is -2.92. The molecule has 0 saturated carbocycles. The van der Waals surface area contributed by atoms with Crippen LogP contribution in [0.1, 0.15) is 30.7 Å². The number of fused-ring (bicyclic) bond motifs is 1. The highest BCUT2D eigenvalue weighted by Gasteiger charge is 2.35. The molecule has 0 atom stereocenters. The first-order chi connectivity index (χ1) is 16.1. The summed E-state index contributed by atoms with van der Waals surface area (Å²) in [5.41, 5.74) is 0.854. The van der Waals surface area contributed by atoms with Gasteiger partial charge in [0.1, 0.15) is 5.82 Å². The zero-order chi connectivity index (χ0) is 24.3. The fourth-order valence-electron chi connectivity index (χ4n) is 4.08. The van der Waals surface area contributed by atoms with Crippen LogP contribution in [-0.4, -0.2) is 48.2 Å². The third-order valence-corrected chi connectivity index (χ3v) is 7.85. The number of hydrogen-bond acceptors (Lipinski definition) is 4. The fourth-order valence-corrected chi connectivity index (χ4v) is 5.59. The Kier molecular flexibility index (Phi) is 6.94. The van der Waals surface area contributed by atoms with E-state index in [0.717, 1.165) is 39.4 Å². The van der Waals surface area contributed by atoms with Crippen molar-refractivity contribution in [1.29, 1.82) is 0 Å². The Morgan fingerprint density at radius 1 is 1.12 bits per heavy atom. The van der Waals surface area contributed by atoms with Gasteiger partial charge in [-0.3, -0.25) is 4.79 Å². The number of amides is 1. The number of aromatic amines is 1. The molecule has 1 fully saturated rings. The molecule has 2 heterocycles. The minimum atomic E-state index is -4.62. The SMILES string of the molecule is O=C(NCCCc1nc2ccccc2[nH]1)C1CCN(S(=O)(=O)c2cccc(C(F)(F)F)c2)CC1. The molecule has 1 aliphatic heterocycles. The quantitative estimate of drug-likeness (QED) is 0.490. The van der Waals surface area contributed by atoms with Crippen molar-refractivity contribution in [1.82, 2.24) is 19.6 Å². The molecule has 0 radical (unpaired) electrons. The van der Waals surface area contributed by atoms with Crippen LogP contribution >= 0.6 is 0 Å². The maximum absolute atomic E-state index is 13.0. The number of aryl methyl sites for hydroxylation is 1. The number of carbonyl (C=O) groups excluding carboxylic acids is 1. The van der Waals surface area contributed by atoms with Crippen molar-refractivity contribution in [2.75, 3.05) is 19.6 Å². The van der Waals surface area contributed by atoms with E-state index in [1.165, 1.54) is 0 Å². The van der Waals surface area contributed by atoms with Gasteiger partial charge in [0.15, 0.2) is 0 Å². The number of carbonyl (C=O) groups is 1. The minimum Gasteiger partial charge on any atom is -0.356 e. The van der Waals surface area contributed by atoms with Crippen LogP contribution in [0.3, 0.4) is 0 Å². The predicted octanol–water partition coefficient (Wildman–Crippen LogP) is 3.73. The summed E-state index contributed by atoms with van der Waals surface area (Å²) in [7, 11) is -4.07. The van der Waals surface area contributed by atoms with Gasteiger partial charge in [-0.05, 0) is 49.6 Å². The Bertz CT molecular complexity index is 1230. The average Bonchev–Trinajstić information content (AvgIpc) is 3.24. The van der Waals surface area contributed by atoms with Gasteiger partial charge < -0.3 is 10.3 Å². The molecular formula is C23H25F3N4O3S. The third kappa shape index (κ3) is 5.41. The van der Waals surface area contributed by atoms with E-state index in [1.807, 2.05) is 24.3 Å². The number of nitrogens with zero attached hydrogens (tertiary/aromatic N) is 2. The molecule has 1 aliphatic rings. The van der Waals surface area contributed by atoms with Crippen LogP contribution in [0.4, 0.5) is 13.2 Å². The molecule has 0 aliphatic carbocycles. The zero-order valence-corrected chi connectivity index (χ0v) is 19.1. The van der Waals surface area contributed by atoms with Crippen LogP contribution in [0.2, 0.25) is 0 Å². The summed E-state index contributed by atoms with van der Waals surface area (Å²) in [5.74, 6) is 0.378. The highest BCUT2D eigenvalue weighted by molar-refractivity contribution is 7.89. The Labute approximate surface area is 195 Å². The van der Waals surface area contributed by atoms with Crippen LogP contribution in [0.15, 0.2) is 53.4 Å². The molecule has 182 valence electrons. The zero-order valence-electron chi connectivity index (χ0n) is 18.3. The van der Waals surface area contributed by atoms with Gasteiger partial charge in [0, 0.05) is 32.0 Å². The van der Waals surface area contributed by atoms with Gasteiger partial charge in [-0.25, -0.2) is 13.4 Å². The molecule has 3 aromatic rings. The van der Waals surface area contributed by atoms with Crippen molar-refractivity contribution in [3.05, 3.63) is 59.9 Å². The van der Waals surface area contributed by atoms with Crippen LogP contribution in [-0.2, 0) is 27.4 Å². The van der Waals surface area contributed by atoms with Crippen LogP contribution in [0.25, 0.3) is 11.0 Å². The molecule has 1 amide bonds. The van der Waals surface area contributed by atoms with Gasteiger partial charge in [0.25, 0.3) is 0 Å². The number of aromatic nitrogens is 2. The molecule has 11 heteroatoms. The summed E-state index contributed by atoms with van der Waals surface area (Å²) in [6, 6.07) is 11.5. The predicted molar refractivity (Wildman–Crippen MR) is 120 cm³/mol. The number of para-hydroxylation sites is 2. The van der Waals surface area contributed by atoms with E-state index in [2.05, 4.69) is 15.3 Å². The van der Waals surface area contributed by atoms with Gasteiger partial charge in [-0.15, -0.1) is 0 Å². The highest BCUT2D eigenvalue weighted by atomic mass is 32.2. The molecule has 1 saturated heterocycles. The van der Waals surface area contributed by atoms with E-state index in [0.29, 0.717) is 38.3 Å². The molecule has 2 N–H and O–H groups in total. The van der Waals surface area contributed by atoms with E-state index in [9.17, 15) is 26.4 Å². The lowest BCUT2D eigenvalue weighted by atomic mass is 9.97. The number of rotatable bonds is 7. The van der Waals surface area contributed by atoms with E-state index in [-0.39, 0.29) is 24.9 Å². The number of nitrogens with one attached hydrogen (secondary N) is 2. The number of piperidine rings is 1. The van der Waals surface area contributed by atoms with Gasteiger partial charge >= 0.3 is 6.18 Å². The Morgan fingerprint density at radius 2 is 1.85 bits per heavy atom. The molecule has 2 aromatic carbocycles. The molecule has 4 rings (SSSR count). The number of imidazole rings is 1. The van der Waals surface area contributed by atoms with E-state index in [1.54, 1.807) is 0 Å². The number of hydrogen-bond donors (Lipinski definition) is 2. The molecule has 7 nitrogen and oxygen atoms in total. The van der Waals surface area contributed by atoms with Crippen molar-refractivity contribution in [2.45, 2.75) is 36.8 Å². The lowest BCUT2D eigenvalue weighted by Gasteiger charge is -2.30. The normalized spacial score (nSPS) is 16.1. The van der Waals surface area contributed by atoms with E-state index >= 15 is 0 Å². The summed E-state index contributed by atoms with van der Waals surface area (Å²) in [6.45, 7) is 0.629. The van der Waals surface area contributed by atoms with Crippen molar-refractivity contribution in [3.63, 3.8) is 0 Å². The first kappa shape index (κ1) is 24.2. The second-order valence-corrected chi connectivity index (χ2v) is 10.2. The summed E-state index contributed by atoms with van der Waals surface area (Å²) in [4.78, 5) is 19.9. The van der Waals surface area contributed by atoms with Gasteiger partial charge in [-0.1, -0.05) is 18.2 Å². The first-order valence-electron chi connectivity index (χ1n) is 11.0. The molecule has 1 aromatic heterocycles. The molecule has 0 bridgehead atoms. The highest BCUT2D eigenvalue weighted by Crippen LogP contribution is 2.32. The maximum atomic E-state index is 13.0. The number of halogens is 3. The second kappa shape index (κ2) is 9.75.